The molecular weight excluding hydrogens is 202 g/mol. The Balaban J connectivity index is 2.13. The Morgan fingerprint density at radius 1 is 1.19 bits per heavy atom. The predicted molar refractivity (Wildman–Crippen MR) is 61.5 cm³/mol. The van der Waals surface area contributed by atoms with Crippen molar-refractivity contribution in [3.8, 4) is 5.75 Å². The number of benzene rings is 1. The highest BCUT2D eigenvalue weighted by molar-refractivity contribution is 6.06. The first kappa shape index (κ1) is 9.70. The number of phenols is 1. The van der Waals surface area contributed by atoms with Crippen molar-refractivity contribution in [1.82, 2.24) is 0 Å². The van der Waals surface area contributed by atoms with E-state index in [2.05, 4.69) is 5.32 Å². The number of carbonyl (C=O) groups excluding carboxylic acids is 1. The number of hydrogen-bond donors (Lipinski definition) is 2. The fraction of sp³-hybridized carbons (Fsp3) is 0.462. The Kier molecular flexibility index (Phi) is 1.96. The fourth-order valence-electron chi connectivity index (χ4n) is 3.05. The molecule has 0 aromatic heterocycles. The van der Waals surface area contributed by atoms with E-state index in [9.17, 15) is 9.90 Å². The summed E-state index contributed by atoms with van der Waals surface area (Å²) in [5, 5.41) is 12.5. The standard InChI is InChI=1S/C13H15NO2/c15-9-4-5-11-10(8-9)13(12(16)14-11)6-2-1-3-7-13/h4-5,8,15H,1-3,6-7H2,(H,14,16). The van der Waals surface area contributed by atoms with Gasteiger partial charge in [-0.05, 0) is 36.6 Å². The van der Waals surface area contributed by atoms with Gasteiger partial charge in [-0.3, -0.25) is 4.79 Å². The lowest BCUT2D eigenvalue weighted by molar-refractivity contribution is -0.121. The number of anilines is 1. The summed E-state index contributed by atoms with van der Waals surface area (Å²) >= 11 is 0. The monoisotopic (exact) mass is 217 g/mol. The minimum atomic E-state index is -0.355. The summed E-state index contributed by atoms with van der Waals surface area (Å²) in [4.78, 5) is 12.1. The predicted octanol–water partition coefficient (Wildman–Crippen LogP) is 2.55. The molecule has 84 valence electrons. The number of rotatable bonds is 0. The van der Waals surface area contributed by atoms with Crippen LogP contribution in [0.3, 0.4) is 0 Å². The van der Waals surface area contributed by atoms with Crippen LogP contribution < -0.4 is 5.32 Å². The van der Waals surface area contributed by atoms with Crippen LogP contribution in [-0.4, -0.2) is 11.0 Å². The first-order chi connectivity index (χ1) is 7.72. The molecule has 1 aromatic rings. The molecule has 2 N–H and O–H groups in total. The SMILES string of the molecule is O=C1Nc2ccc(O)cc2C12CCCCC2. The van der Waals surface area contributed by atoms with E-state index in [1.807, 2.05) is 0 Å². The first-order valence-corrected chi connectivity index (χ1v) is 5.87. The van der Waals surface area contributed by atoms with Crippen LogP contribution in [0, 0.1) is 0 Å². The molecule has 1 aromatic carbocycles. The molecule has 0 atom stereocenters. The minimum absolute atomic E-state index is 0.118. The van der Waals surface area contributed by atoms with Gasteiger partial charge >= 0.3 is 0 Å². The van der Waals surface area contributed by atoms with Crippen LogP contribution in [-0.2, 0) is 10.2 Å². The summed E-state index contributed by atoms with van der Waals surface area (Å²) in [5.74, 6) is 0.369. The second kappa shape index (κ2) is 3.24. The number of amides is 1. The van der Waals surface area contributed by atoms with Crippen LogP contribution in [0.5, 0.6) is 5.75 Å². The van der Waals surface area contributed by atoms with E-state index >= 15 is 0 Å². The third-order valence-electron chi connectivity index (χ3n) is 3.91. The summed E-state index contributed by atoms with van der Waals surface area (Å²) in [6, 6.07) is 5.17. The summed E-state index contributed by atoms with van der Waals surface area (Å²) in [5.41, 5.74) is 1.52. The number of aromatic hydroxyl groups is 1. The maximum absolute atomic E-state index is 12.1. The molecule has 1 heterocycles. The van der Waals surface area contributed by atoms with Gasteiger partial charge in [-0.1, -0.05) is 19.3 Å². The zero-order chi connectivity index (χ0) is 11.2. The molecule has 3 nitrogen and oxygen atoms in total. The van der Waals surface area contributed by atoms with Crippen molar-refractivity contribution in [3.05, 3.63) is 23.8 Å². The van der Waals surface area contributed by atoms with E-state index in [-0.39, 0.29) is 17.1 Å². The smallest absolute Gasteiger partial charge is 0.235 e. The van der Waals surface area contributed by atoms with Crippen LogP contribution in [0.2, 0.25) is 0 Å². The second-order valence-corrected chi connectivity index (χ2v) is 4.83. The average molecular weight is 217 g/mol. The summed E-state index contributed by atoms with van der Waals surface area (Å²) < 4.78 is 0. The average Bonchev–Trinajstić information content (AvgIpc) is 2.55. The van der Waals surface area contributed by atoms with Gasteiger partial charge in [0.25, 0.3) is 0 Å². The van der Waals surface area contributed by atoms with Gasteiger partial charge in [-0.2, -0.15) is 0 Å². The van der Waals surface area contributed by atoms with Crippen molar-refractivity contribution in [2.45, 2.75) is 37.5 Å². The van der Waals surface area contributed by atoms with E-state index in [1.165, 1.54) is 6.42 Å². The van der Waals surface area contributed by atoms with Crippen LogP contribution in [0.4, 0.5) is 5.69 Å². The first-order valence-electron chi connectivity index (χ1n) is 5.87. The van der Waals surface area contributed by atoms with Crippen molar-refractivity contribution < 1.29 is 9.90 Å². The van der Waals surface area contributed by atoms with Gasteiger partial charge in [0.15, 0.2) is 0 Å². The molecular formula is C13H15NO2. The molecule has 16 heavy (non-hydrogen) atoms. The Labute approximate surface area is 94.5 Å². The highest BCUT2D eigenvalue weighted by atomic mass is 16.3. The molecule has 3 heteroatoms. The zero-order valence-electron chi connectivity index (χ0n) is 9.12. The number of fused-ring (bicyclic) bond motifs is 2. The van der Waals surface area contributed by atoms with E-state index in [0.717, 1.165) is 36.9 Å². The van der Waals surface area contributed by atoms with E-state index < -0.39 is 0 Å². The largest absolute Gasteiger partial charge is 0.508 e. The van der Waals surface area contributed by atoms with Gasteiger partial charge in [0.2, 0.25) is 5.91 Å². The summed E-state index contributed by atoms with van der Waals surface area (Å²) in [7, 11) is 0. The van der Waals surface area contributed by atoms with Gasteiger partial charge in [-0.25, -0.2) is 0 Å². The maximum Gasteiger partial charge on any atom is 0.235 e. The Bertz CT molecular complexity index is 447. The lowest BCUT2D eigenvalue weighted by atomic mass is 9.70. The Morgan fingerprint density at radius 2 is 1.94 bits per heavy atom. The van der Waals surface area contributed by atoms with Crippen molar-refractivity contribution in [3.63, 3.8) is 0 Å². The van der Waals surface area contributed by atoms with Gasteiger partial charge in [0, 0.05) is 5.69 Å². The van der Waals surface area contributed by atoms with Crippen LogP contribution >= 0.6 is 0 Å². The Hall–Kier alpha value is -1.51. The molecule has 1 saturated carbocycles. The summed E-state index contributed by atoms with van der Waals surface area (Å²) in [6.45, 7) is 0. The van der Waals surface area contributed by atoms with E-state index in [0.29, 0.717) is 0 Å². The van der Waals surface area contributed by atoms with Crippen molar-refractivity contribution >= 4 is 11.6 Å². The molecule has 1 spiro atoms. The van der Waals surface area contributed by atoms with Crippen molar-refractivity contribution in [1.29, 1.82) is 0 Å². The number of hydrogen-bond acceptors (Lipinski definition) is 2. The number of phenolic OH excluding ortho intramolecular Hbond substituents is 1. The molecule has 0 radical (unpaired) electrons. The molecule has 1 aliphatic heterocycles. The maximum atomic E-state index is 12.1. The lowest BCUT2D eigenvalue weighted by Crippen LogP contribution is -2.36. The van der Waals surface area contributed by atoms with Crippen LogP contribution in [0.25, 0.3) is 0 Å². The van der Waals surface area contributed by atoms with E-state index in [1.54, 1.807) is 18.2 Å². The van der Waals surface area contributed by atoms with E-state index in [4.69, 9.17) is 0 Å². The molecule has 0 saturated heterocycles. The zero-order valence-corrected chi connectivity index (χ0v) is 9.12. The summed E-state index contributed by atoms with van der Waals surface area (Å²) in [6.07, 6.45) is 5.23. The normalized spacial score (nSPS) is 21.9. The quantitative estimate of drug-likeness (QED) is 0.656. The molecule has 0 unspecified atom stereocenters. The van der Waals surface area contributed by atoms with Gasteiger partial charge in [-0.15, -0.1) is 0 Å². The highest BCUT2D eigenvalue weighted by Gasteiger charge is 2.47. The minimum Gasteiger partial charge on any atom is -0.508 e. The number of nitrogens with one attached hydrogen (secondary N) is 1. The lowest BCUT2D eigenvalue weighted by Gasteiger charge is -2.31. The third kappa shape index (κ3) is 1.17. The second-order valence-electron chi connectivity index (χ2n) is 4.83. The highest BCUT2D eigenvalue weighted by Crippen LogP contribution is 2.48. The number of carbonyl (C=O) groups is 1. The van der Waals surface area contributed by atoms with Gasteiger partial charge < -0.3 is 10.4 Å². The van der Waals surface area contributed by atoms with Gasteiger partial charge in [0.1, 0.15) is 5.75 Å². The van der Waals surface area contributed by atoms with Crippen LogP contribution in [0.1, 0.15) is 37.7 Å². The van der Waals surface area contributed by atoms with Gasteiger partial charge in [0.05, 0.1) is 5.41 Å². The van der Waals surface area contributed by atoms with Crippen molar-refractivity contribution in [2.75, 3.05) is 5.32 Å². The molecule has 1 aliphatic carbocycles. The molecule has 1 amide bonds. The molecule has 0 bridgehead atoms. The molecule has 1 fully saturated rings. The van der Waals surface area contributed by atoms with Crippen molar-refractivity contribution in [2.24, 2.45) is 0 Å². The topological polar surface area (TPSA) is 49.3 Å². The fourth-order valence-corrected chi connectivity index (χ4v) is 3.05. The third-order valence-corrected chi connectivity index (χ3v) is 3.91. The van der Waals surface area contributed by atoms with Crippen LogP contribution in [0.15, 0.2) is 18.2 Å². The molecule has 3 rings (SSSR count). The Morgan fingerprint density at radius 3 is 2.69 bits per heavy atom. The molecule has 2 aliphatic rings.